The van der Waals surface area contributed by atoms with Crippen LogP contribution in [0.5, 0.6) is 0 Å². The van der Waals surface area contributed by atoms with Crippen molar-refractivity contribution in [1.82, 2.24) is 15.1 Å². The number of likely N-dealkylation sites (tertiary alicyclic amines) is 1. The van der Waals surface area contributed by atoms with Crippen molar-refractivity contribution in [3.05, 3.63) is 29.8 Å². The molecule has 1 saturated heterocycles. The molecule has 2 aliphatic heterocycles. The van der Waals surface area contributed by atoms with Crippen molar-refractivity contribution in [1.29, 1.82) is 0 Å². The molecular formula is C20H30N4O2. The molecule has 0 bridgehead atoms. The summed E-state index contributed by atoms with van der Waals surface area (Å²) in [5, 5.41) is 2.82. The van der Waals surface area contributed by atoms with Crippen LogP contribution in [-0.4, -0.2) is 67.4 Å². The SMILES string of the molecule is CCC1CN(C)c2ccccc2CN1CC(=O)NCC(=O)N1CCCC1. The van der Waals surface area contributed by atoms with Crippen molar-refractivity contribution >= 4 is 17.5 Å². The lowest BCUT2D eigenvalue weighted by atomic mass is 10.1. The molecule has 1 atom stereocenters. The fourth-order valence-electron chi connectivity index (χ4n) is 3.96. The Balaban J connectivity index is 1.59. The van der Waals surface area contributed by atoms with Crippen LogP contribution < -0.4 is 10.2 Å². The second-order valence-electron chi connectivity index (χ2n) is 7.34. The standard InChI is InChI=1S/C20H30N4O2/c1-3-17-14-22(2)18-9-5-4-8-16(18)13-24(17)15-19(25)21-12-20(26)23-10-6-7-11-23/h4-5,8-9,17H,3,6-7,10-15H2,1-2H3,(H,21,25). The third-order valence-electron chi connectivity index (χ3n) is 5.49. The number of nitrogens with one attached hydrogen (secondary N) is 1. The van der Waals surface area contributed by atoms with Crippen LogP contribution in [-0.2, 0) is 16.1 Å². The van der Waals surface area contributed by atoms with Gasteiger partial charge < -0.3 is 15.1 Å². The summed E-state index contributed by atoms with van der Waals surface area (Å²) in [6.45, 7) is 5.90. The first-order valence-corrected chi connectivity index (χ1v) is 9.66. The monoisotopic (exact) mass is 358 g/mol. The highest BCUT2D eigenvalue weighted by molar-refractivity contribution is 5.85. The number of para-hydroxylation sites is 1. The lowest BCUT2D eigenvalue weighted by Gasteiger charge is -2.30. The maximum Gasteiger partial charge on any atom is 0.241 e. The van der Waals surface area contributed by atoms with E-state index in [1.165, 1.54) is 11.3 Å². The van der Waals surface area contributed by atoms with Gasteiger partial charge in [0.15, 0.2) is 0 Å². The smallest absolute Gasteiger partial charge is 0.241 e. The van der Waals surface area contributed by atoms with Gasteiger partial charge in [0.05, 0.1) is 13.1 Å². The van der Waals surface area contributed by atoms with Crippen LogP contribution >= 0.6 is 0 Å². The van der Waals surface area contributed by atoms with E-state index in [-0.39, 0.29) is 18.4 Å². The van der Waals surface area contributed by atoms with Crippen LogP contribution in [0.25, 0.3) is 0 Å². The van der Waals surface area contributed by atoms with Crippen LogP contribution in [0.2, 0.25) is 0 Å². The van der Waals surface area contributed by atoms with Crippen LogP contribution in [0.3, 0.4) is 0 Å². The number of carbonyl (C=O) groups is 2. The zero-order chi connectivity index (χ0) is 18.5. The lowest BCUT2D eigenvalue weighted by Crippen LogP contribution is -2.47. The Labute approximate surface area is 156 Å². The summed E-state index contributed by atoms with van der Waals surface area (Å²) in [6.07, 6.45) is 3.12. The molecule has 0 spiro atoms. The highest BCUT2D eigenvalue weighted by atomic mass is 16.2. The van der Waals surface area contributed by atoms with Gasteiger partial charge in [-0.15, -0.1) is 0 Å². The van der Waals surface area contributed by atoms with E-state index in [0.717, 1.165) is 45.4 Å². The topological polar surface area (TPSA) is 55.9 Å². The molecule has 142 valence electrons. The Bertz CT molecular complexity index is 642. The van der Waals surface area contributed by atoms with E-state index in [1.807, 2.05) is 11.0 Å². The van der Waals surface area contributed by atoms with Gasteiger partial charge in [-0.2, -0.15) is 0 Å². The Morgan fingerprint density at radius 2 is 1.92 bits per heavy atom. The number of rotatable bonds is 5. The van der Waals surface area contributed by atoms with Gasteiger partial charge in [-0.05, 0) is 30.9 Å². The Hall–Kier alpha value is -2.08. The third-order valence-corrected chi connectivity index (χ3v) is 5.49. The molecule has 0 aromatic heterocycles. The maximum atomic E-state index is 12.5. The van der Waals surface area contributed by atoms with Crippen LogP contribution in [0.15, 0.2) is 24.3 Å². The molecule has 6 heteroatoms. The average molecular weight is 358 g/mol. The largest absolute Gasteiger partial charge is 0.373 e. The third kappa shape index (κ3) is 4.36. The fraction of sp³-hybridized carbons (Fsp3) is 0.600. The normalized spacial score (nSPS) is 20.6. The summed E-state index contributed by atoms with van der Waals surface area (Å²) in [6, 6.07) is 8.69. The molecule has 1 N–H and O–H groups in total. The molecule has 0 aliphatic carbocycles. The van der Waals surface area contributed by atoms with E-state index in [4.69, 9.17) is 0 Å². The number of anilines is 1. The second-order valence-corrected chi connectivity index (χ2v) is 7.34. The molecule has 1 fully saturated rings. The van der Waals surface area contributed by atoms with E-state index in [9.17, 15) is 9.59 Å². The molecule has 2 aliphatic rings. The first kappa shape index (κ1) is 18.7. The van der Waals surface area contributed by atoms with Gasteiger partial charge in [-0.3, -0.25) is 14.5 Å². The summed E-state index contributed by atoms with van der Waals surface area (Å²) in [5.74, 6) is -0.0399. The molecule has 1 aromatic rings. The predicted octanol–water partition coefficient (Wildman–Crippen LogP) is 1.46. The van der Waals surface area contributed by atoms with E-state index in [0.29, 0.717) is 12.6 Å². The molecule has 1 aromatic carbocycles. The zero-order valence-corrected chi connectivity index (χ0v) is 15.9. The van der Waals surface area contributed by atoms with Crippen LogP contribution in [0, 0.1) is 0 Å². The Kier molecular flexibility index (Phi) is 6.14. The van der Waals surface area contributed by atoms with Crippen molar-refractivity contribution in [2.24, 2.45) is 0 Å². The minimum Gasteiger partial charge on any atom is -0.373 e. The highest BCUT2D eigenvalue weighted by Crippen LogP contribution is 2.26. The van der Waals surface area contributed by atoms with Crippen molar-refractivity contribution in [2.45, 2.75) is 38.8 Å². The van der Waals surface area contributed by atoms with Crippen molar-refractivity contribution in [2.75, 3.05) is 44.7 Å². The molecule has 3 rings (SSSR count). The zero-order valence-electron chi connectivity index (χ0n) is 15.9. The summed E-state index contributed by atoms with van der Waals surface area (Å²) >= 11 is 0. The molecule has 26 heavy (non-hydrogen) atoms. The van der Waals surface area contributed by atoms with E-state index in [1.54, 1.807) is 0 Å². The van der Waals surface area contributed by atoms with Gasteiger partial charge in [0.1, 0.15) is 0 Å². The van der Waals surface area contributed by atoms with Gasteiger partial charge in [0.2, 0.25) is 11.8 Å². The fourth-order valence-corrected chi connectivity index (χ4v) is 3.96. The first-order chi connectivity index (χ1) is 12.6. The van der Waals surface area contributed by atoms with Gasteiger partial charge in [-0.1, -0.05) is 25.1 Å². The van der Waals surface area contributed by atoms with Crippen molar-refractivity contribution < 1.29 is 9.59 Å². The van der Waals surface area contributed by atoms with Gasteiger partial charge in [0, 0.05) is 45.0 Å². The number of carbonyl (C=O) groups excluding carboxylic acids is 2. The summed E-state index contributed by atoms with van der Waals surface area (Å²) < 4.78 is 0. The number of nitrogens with zero attached hydrogens (tertiary/aromatic N) is 3. The van der Waals surface area contributed by atoms with Gasteiger partial charge in [-0.25, -0.2) is 0 Å². The minimum absolute atomic E-state index is 0.0313. The quantitative estimate of drug-likeness (QED) is 0.866. The van der Waals surface area contributed by atoms with Gasteiger partial charge in [0.25, 0.3) is 0 Å². The number of fused-ring (bicyclic) bond motifs is 1. The molecule has 0 radical (unpaired) electrons. The second kappa shape index (κ2) is 8.54. The predicted molar refractivity (Wildman–Crippen MR) is 103 cm³/mol. The number of likely N-dealkylation sites (N-methyl/N-ethyl adjacent to an activating group) is 1. The molecule has 2 amide bonds. The van der Waals surface area contributed by atoms with Crippen LogP contribution in [0.4, 0.5) is 5.69 Å². The summed E-state index contributed by atoms with van der Waals surface area (Å²) in [4.78, 5) is 30.9. The maximum absolute atomic E-state index is 12.5. The average Bonchev–Trinajstić information content (AvgIpc) is 3.14. The molecule has 6 nitrogen and oxygen atoms in total. The number of amides is 2. The minimum atomic E-state index is -0.0713. The summed E-state index contributed by atoms with van der Waals surface area (Å²) in [7, 11) is 2.11. The van der Waals surface area contributed by atoms with Crippen molar-refractivity contribution in [3.8, 4) is 0 Å². The van der Waals surface area contributed by atoms with Crippen LogP contribution in [0.1, 0.15) is 31.7 Å². The molecule has 0 saturated carbocycles. The van der Waals surface area contributed by atoms with E-state index < -0.39 is 0 Å². The number of hydrogen-bond acceptors (Lipinski definition) is 4. The molecule has 1 unspecified atom stereocenters. The summed E-state index contributed by atoms with van der Waals surface area (Å²) in [5.41, 5.74) is 2.48. The van der Waals surface area contributed by atoms with E-state index >= 15 is 0 Å². The Morgan fingerprint density at radius 3 is 2.65 bits per heavy atom. The molecular weight excluding hydrogens is 328 g/mol. The first-order valence-electron chi connectivity index (χ1n) is 9.66. The Morgan fingerprint density at radius 1 is 1.19 bits per heavy atom. The number of hydrogen-bond donors (Lipinski definition) is 1. The lowest BCUT2D eigenvalue weighted by molar-refractivity contribution is -0.132. The number of benzene rings is 1. The van der Waals surface area contributed by atoms with Gasteiger partial charge >= 0.3 is 0 Å². The van der Waals surface area contributed by atoms with Crippen molar-refractivity contribution in [3.63, 3.8) is 0 Å². The van der Waals surface area contributed by atoms with E-state index in [2.05, 4.69) is 47.3 Å². The molecule has 2 heterocycles. The highest BCUT2D eigenvalue weighted by Gasteiger charge is 2.27.